The van der Waals surface area contributed by atoms with E-state index in [2.05, 4.69) is 5.32 Å². The number of ether oxygens (including phenoxy) is 2. The molecule has 0 aromatic heterocycles. The fourth-order valence-corrected chi connectivity index (χ4v) is 2.81. The third-order valence-electron chi connectivity index (χ3n) is 4.42. The predicted molar refractivity (Wildman–Crippen MR) is 107 cm³/mol. The van der Waals surface area contributed by atoms with Crippen molar-refractivity contribution in [3.8, 4) is 11.5 Å². The lowest BCUT2D eigenvalue weighted by molar-refractivity contribution is -0.132. The van der Waals surface area contributed by atoms with Crippen LogP contribution in [-0.4, -0.2) is 43.0 Å². The standard InChI is InChI=1S/C22H23FN2O4/c1-2-25(15-21(26)24-14-17-3-7-18(23)8-4-17)22(27)10-6-16-5-9-19-20(13-16)29-12-11-28-19/h3-10,13H,2,11-12,14-15H2,1H3,(H,24,26). The molecule has 1 aliphatic rings. The predicted octanol–water partition coefficient (Wildman–Crippen LogP) is 2.78. The molecular formula is C22H23FN2O4. The molecule has 7 heteroatoms. The summed E-state index contributed by atoms with van der Waals surface area (Å²) < 4.78 is 23.9. The average molecular weight is 398 g/mol. The first kappa shape index (κ1) is 20.4. The van der Waals surface area contributed by atoms with Crippen LogP contribution in [0.3, 0.4) is 0 Å². The number of halogens is 1. The Morgan fingerprint density at radius 3 is 2.55 bits per heavy atom. The normalized spacial score (nSPS) is 12.6. The van der Waals surface area contributed by atoms with Crippen LogP contribution in [0.1, 0.15) is 18.1 Å². The second-order valence-electron chi connectivity index (χ2n) is 6.49. The lowest BCUT2D eigenvalue weighted by Gasteiger charge is -2.19. The molecule has 6 nitrogen and oxygen atoms in total. The van der Waals surface area contributed by atoms with E-state index >= 15 is 0 Å². The summed E-state index contributed by atoms with van der Waals surface area (Å²) in [6.07, 6.45) is 3.11. The van der Waals surface area contributed by atoms with Crippen LogP contribution in [-0.2, 0) is 16.1 Å². The van der Waals surface area contributed by atoms with Gasteiger partial charge in [0.25, 0.3) is 0 Å². The Morgan fingerprint density at radius 1 is 1.10 bits per heavy atom. The van der Waals surface area contributed by atoms with Crippen LogP contribution < -0.4 is 14.8 Å². The van der Waals surface area contributed by atoms with Crippen LogP contribution in [0.4, 0.5) is 4.39 Å². The Morgan fingerprint density at radius 2 is 1.83 bits per heavy atom. The molecule has 2 amide bonds. The van der Waals surface area contributed by atoms with E-state index in [-0.39, 0.29) is 30.7 Å². The smallest absolute Gasteiger partial charge is 0.247 e. The summed E-state index contributed by atoms with van der Waals surface area (Å²) in [5, 5.41) is 2.74. The fourth-order valence-electron chi connectivity index (χ4n) is 2.81. The zero-order valence-corrected chi connectivity index (χ0v) is 16.2. The molecule has 0 bridgehead atoms. The molecule has 0 fully saturated rings. The summed E-state index contributed by atoms with van der Waals surface area (Å²) in [5.74, 6) is 0.468. The fraction of sp³-hybridized carbons (Fsp3) is 0.273. The minimum Gasteiger partial charge on any atom is -0.486 e. The SMILES string of the molecule is CCN(CC(=O)NCc1ccc(F)cc1)C(=O)C=Cc1ccc2c(c1)OCCO2. The summed E-state index contributed by atoms with van der Waals surface area (Å²) in [5.41, 5.74) is 1.59. The number of amides is 2. The van der Waals surface area contributed by atoms with E-state index in [1.165, 1.54) is 23.1 Å². The van der Waals surface area contributed by atoms with Crippen LogP contribution in [0.5, 0.6) is 11.5 Å². The van der Waals surface area contributed by atoms with Crippen molar-refractivity contribution in [1.82, 2.24) is 10.2 Å². The molecule has 1 N–H and O–H groups in total. The van der Waals surface area contributed by atoms with Gasteiger partial charge in [0, 0.05) is 19.2 Å². The van der Waals surface area contributed by atoms with E-state index in [0.29, 0.717) is 31.3 Å². The Labute approximate surface area is 168 Å². The number of benzene rings is 2. The highest BCUT2D eigenvalue weighted by Crippen LogP contribution is 2.31. The summed E-state index contributed by atoms with van der Waals surface area (Å²) in [6.45, 7) is 3.45. The van der Waals surface area contributed by atoms with Crippen molar-refractivity contribution in [2.75, 3.05) is 26.3 Å². The summed E-state index contributed by atoms with van der Waals surface area (Å²) in [7, 11) is 0. The van der Waals surface area contributed by atoms with Crippen molar-refractivity contribution in [3.63, 3.8) is 0 Å². The molecule has 2 aromatic rings. The van der Waals surface area contributed by atoms with Gasteiger partial charge in [0.05, 0.1) is 6.54 Å². The van der Waals surface area contributed by atoms with Crippen LogP contribution in [0.2, 0.25) is 0 Å². The molecule has 3 rings (SSSR count). The molecule has 1 aliphatic heterocycles. The van der Waals surface area contributed by atoms with Gasteiger partial charge in [-0.05, 0) is 48.4 Å². The number of nitrogens with zero attached hydrogens (tertiary/aromatic N) is 1. The molecule has 0 saturated carbocycles. The third kappa shape index (κ3) is 5.81. The lowest BCUT2D eigenvalue weighted by Crippen LogP contribution is -2.39. The zero-order chi connectivity index (χ0) is 20.6. The quantitative estimate of drug-likeness (QED) is 0.729. The van der Waals surface area contributed by atoms with Crippen molar-refractivity contribution < 1.29 is 23.5 Å². The largest absolute Gasteiger partial charge is 0.486 e. The topological polar surface area (TPSA) is 67.9 Å². The first-order valence-electron chi connectivity index (χ1n) is 9.43. The summed E-state index contributed by atoms with van der Waals surface area (Å²) in [6, 6.07) is 11.3. The van der Waals surface area contributed by atoms with E-state index in [1.54, 1.807) is 24.3 Å². The first-order chi connectivity index (χ1) is 14.0. The van der Waals surface area contributed by atoms with E-state index in [0.717, 1.165) is 11.1 Å². The van der Waals surface area contributed by atoms with Gasteiger partial charge in [-0.2, -0.15) is 0 Å². The van der Waals surface area contributed by atoms with Crippen LogP contribution in [0.15, 0.2) is 48.5 Å². The summed E-state index contributed by atoms with van der Waals surface area (Å²) in [4.78, 5) is 26.0. The van der Waals surface area contributed by atoms with Gasteiger partial charge in [-0.15, -0.1) is 0 Å². The first-order valence-corrected chi connectivity index (χ1v) is 9.43. The van der Waals surface area contributed by atoms with Crippen LogP contribution in [0.25, 0.3) is 6.08 Å². The number of hydrogen-bond donors (Lipinski definition) is 1. The Hall–Kier alpha value is -3.35. The molecule has 0 aliphatic carbocycles. The van der Waals surface area contributed by atoms with Gasteiger partial charge in [-0.1, -0.05) is 18.2 Å². The van der Waals surface area contributed by atoms with Gasteiger partial charge >= 0.3 is 0 Å². The Bertz CT molecular complexity index is 896. The van der Waals surface area contributed by atoms with Crippen LogP contribution in [0, 0.1) is 5.82 Å². The maximum absolute atomic E-state index is 12.9. The second kappa shape index (κ2) is 9.73. The average Bonchev–Trinajstić information content (AvgIpc) is 2.75. The van der Waals surface area contributed by atoms with Gasteiger partial charge in [0.15, 0.2) is 11.5 Å². The minimum atomic E-state index is -0.326. The van der Waals surface area contributed by atoms with E-state index in [4.69, 9.17) is 9.47 Å². The number of nitrogens with one attached hydrogen (secondary N) is 1. The molecule has 152 valence electrons. The minimum absolute atomic E-state index is 0.0536. The number of carbonyl (C=O) groups is 2. The number of fused-ring (bicyclic) bond motifs is 1. The number of rotatable bonds is 7. The van der Waals surface area contributed by atoms with Crippen molar-refractivity contribution in [2.45, 2.75) is 13.5 Å². The molecule has 0 saturated heterocycles. The number of likely N-dealkylation sites (N-methyl/N-ethyl adjacent to an activating group) is 1. The van der Waals surface area contributed by atoms with E-state index in [1.807, 2.05) is 19.1 Å². The number of hydrogen-bond acceptors (Lipinski definition) is 4. The molecule has 0 radical (unpaired) electrons. The molecule has 0 atom stereocenters. The van der Waals surface area contributed by atoms with Crippen molar-refractivity contribution in [3.05, 3.63) is 65.5 Å². The maximum Gasteiger partial charge on any atom is 0.247 e. The lowest BCUT2D eigenvalue weighted by atomic mass is 10.1. The monoisotopic (exact) mass is 398 g/mol. The molecular weight excluding hydrogens is 375 g/mol. The van der Waals surface area contributed by atoms with Gasteiger partial charge in [0.1, 0.15) is 19.0 Å². The zero-order valence-electron chi connectivity index (χ0n) is 16.2. The van der Waals surface area contributed by atoms with Gasteiger partial charge in [-0.25, -0.2) is 4.39 Å². The maximum atomic E-state index is 12.9. The van der Waals surface area contributed by atoms with Gasteiger partial charge in [0.2, 0.25) is 11.8 Å². The Balaban J connectivity index is 1.53. The highest BCUT2D eigenvalue weighted by Gasteiger charge is 2.14. The molecule has 2 aromatic carbocycles. The second-order valence-corrected chi connectivity index (χ2v) is 6.49. The highest BCUT2D eigenvalue weighted by molar-refractivity contribution is 5.94. The Kier molecular flexibility index (Phi) is 6.84. The van der Waals surface area contributed by atoms with Gasteiger partial charge in [-0.3, -0.25) is 9.59 Å². The van der Waals surface area contributed by atoms with Crippen LogP contribution >= 0.6 is 0 Å². The summed E-state index contributed by atoms with van der Waals surface area (Å²) >= 11 is 0. The third-order valence-corrected chi connectivity index (χ3v) is 4.42. The number of carbonyl (C=O) groups excluding carboxylic acids is 2. The van der Waals surface area contributed by atoms with Crippen molar-refractivity contribution in [1.29, 1.82) is 0 Å². The van der Waals surface area contributed by atoms with Crippen molar-refractivity contribution in [2.24, 2.45) is 0 Å². The highest BCUT2D eigenvalue weighted by atomic mass is 19.1. The molecule has 0 unspecified atom stereocenters. The molecule has 29 heavy (non-hydrogen) atoms. The molecule has 1 heterocycles. The molecule has 0 spiro atoms. The van der Waals surface area contributed by atoms with Gasteiger partial charge < -0.3 is 19.7 Å². The van der Waals surface area contributed by atoms with Crippen molar-refractivity contribution >= 4 is 17.9 Å². The van der Waals surface area contributed by atoms with E-state index in [9.17, 15) is 14.0 Å². The van der Waals surface area contributed by atoms with E-state index < -0.39 is 0 Å².